The predicted octanol–water partition coefficient (Wildman–Crippen LogP) is 2.69. The van der Waals surface area contributed by atoms with Crippen LogP contribution in [0.3, 0.4) is 0 Å². The van der Waals surface area contributed by atoms with Crippen molar-refractivity contribution in [1.82, 2.24) is 10.6 Å². The summed E-state index contributed by atoms with van der Waals surface area (Å²) in [5.74, 6) is -0.497. The Hall–Kier alpha value is -1.83. The number of carbonyl (C=O) groups is 1. The molecule has 146 valence electrons. The average molecular weight is 411 g/mol. The summed E-state index contributed by atoms with van der Waals surface area (Å²) in [6.45, 7) is 0. The van der Waals surface area contributed by atoms with Gasteiger partial charge in [-0.3, -0.25) is 4.79 Å². The number of carbonyl (C=O) groups excluding carboxylic acids is 1. The van der Waals surface area contributed by atoms with E-state index in [0.29, 0.717) is 17.6 Å². The largest absolute Gasteiger partial charge is 0.459 e. The van der Waals surface area contributed by atoms with Gasteiger partial charge in [-0.25, -0.2) is 8.42 Å². The Kier molecular flexibility index (Phi) is 5.93. The average Bonchev–Trinajstić information content (AvgIpc) is 3.21. The third-order valence-electron chi connectivity index (χ3n) is 5.21. The Morgan fingerprint density at radius 1 is 1.11 bits per heavy atom. The highest BCUT2D eigenvalue weighted by Gasteiger charge is 2.34. The summed E-state index contributed by atoms with van der Waals surface area (Å²) in [6, 6.07) is 10.8. The molecule has 8 heteroatoms. The van der Waals surface area contributed by atoms with Crippen LogP contribution in [0.15, 0.2) is 52.0 Å². The van der Waals surface area contributed by atoms with E-state index in [1.165, 1.54) is 6.26 Å². The van der Waals surface area contributed by atoms with Crippen LogP contribution in [0.4, 0.5) is 0 Å². The molecule has 3 heterocycles. The zero-order valence-corrected chi connectivity index (χ0v) is 16.4. The van der Waals surface area contributed by atoms with Gasteiger partial charge in [0.25, 0.3) is 5.91 Å². The van der Waals surface area contributed by atoms with Crippen molar-refractivity contribution in [2.75, 3.05) is 0 Å². The number of hydrogen-bond acceptors (Lipinski definition) is 5. The summed E-state index contributed by atoms with van der Waals surface area (Å²) in [6.07, 6.45) is 5.48. The molecule has 0 spiro atoms. The Bertz CT molecular complexity index is 885. The number of halogens is 1. The van der Waals surface area contributed by atoms with Gasteiger partial charge in [-0.05, 0) is 43.9 Å². The molecule has 1 aromatic carbocycles. The van der Waals surface area contributed by atoms with Crippen molar-refractivity contribution in [3.05, 3.63) is 54.0 Å². The minimum atomic E-state index is -3.53. The second kappa shape index (κ2) is 8.04. The Morgan fingerprint density at radius 2 is 1.78 bits per heavy atom. The molecule has 1 amide bonds. The first-order valence-corrected chi connectivity index (χ1v) is 10.6. The number of piperidine rings is 1. The van der Waals surface area contributed by atoms with E-state index in [4.69, 9.17) is 4.42 Å². The lowest BCUT2D eigenvalue weighted by Crippen LogP contribution is -2.48. The van der Waals surface area contributed by atoms with E-state index < -0.39 is 9.84 Å². The number of benzene rings is 1. The summed E-state index contributed by atoms with van der Waals surface area (Å²) in [5.41, 5.74) is 0.392. The normalized spacial score (nSPS) is 24.2. The molecule has 2 unspecified atom stereocenters. The summed E-state index contributed by atoms with van der Waals surface area (Å²) in [5, 5.41) is 6.56. The first-order chi connectivity index (χ1) is 12.5. The number of amides is 1. The van der Waals surface area contributed by atoms with Crippen LogP contribution in [0.5, 0.6) is 0 Å². The Labute approximate surface area is 165 Å². The van der Waals surface area contributed by atoms with Crippen molar-refractivity contribution in [3.8, 4) is 0 Å². The molecule has 2 aromatic rings. The van der Waals surface area contributed by atoms with E-state index in [9.17, 15) is 13.2 Å². The maximum atomic E-state index is 12.6. The molecule has 0 saturated carbocycles. The van der Waals surface area contributed by atoms with Crippen molar-refractivity contribution in [2.45, 2.75) is 54.5 Å². The minimum absolute atomic E-state index is 0. The van der Waals surface area contributed by atoms with Crippen LogP contribution in [0.2, 0.25) is 0 Å². The van der Waals surface area contributed by atoms with Gasteiger partial charge in [0.2, 0.25) is 0 Å². The van der Waals surface area contributed by atoms with Crippen LogP contribution in [0, 0.1) is 0 Å². The summed E-state index contributed by atoms with van der Waals surface area (Å²) in [4.78, 5) is 12.9. The van der Waals surface area contributed by atoms with Gasteiger partial charge in [-0.15, -0.1) is 12.4 Å². The molecule has 2 bridgehead atoms. The quantitative estimate of drug-likeness (QED) is 0.791. The fourth-order valence-corrected chi connectivity index (χ4v) is 5.37. The highest BCUT2D eigenvalue weighted by Crippen LogP contribution is 2.27. The number of hydrogen-bond donors (Lipinski definition) is 2. The van der Waals surface area contributed by atoms with Crippen molar-refractivity contribution >= 4 is 28.2 Å². The first-order valence-electron chi connectivity index (χ1n) is 8.92. The molecular weight excluding hydrogens is 388 g/mol. The molecule has 1 aromatic heterocycles. The highest BCUT2D eigenvalue weighted by atomic mass is 35.5. The standard InChI is InChI=1S/C19H22N2O4S.ClH/c22-19(21-16-10-14-6-7-15(11-16)20-14)18-13(8-9-25-18)12-26(23,24)17-4-2-1-3-5-17;/h1-5,8-9,14-16,20H,6-7,10-12H2,(H,21,22);1H. The second-order valence-corrected chi connectivity index (χ2v) is 9.12. The Balaban J connectivity index is 0.00000210. The zero-order valence-electron chi connectivity index (χ0n) is 14.8. The molecular formula is C19H23ClN2O4S. The SMILES string of the molecule is Cl.O=C(NC1CC2CCC(C1)N2)c1occc1CS(=O)(=O)c1ccccc1. The van der Waals surface area contributed by atoms with Gasteiger partial charge in [0.1, 0.15) is 0 Å². The van der Waals surface area contributed by atoms with Crippen LogP contribution in [-0.4, -0.2) is 32.5 Å². The van der Waals surface area contributed by atoms with Crippen LogP contribution < -0.4 is 10.6 Å². The van der Waals surface area contributed by atoms with Crippen molar-refractivity contribution in [2.24, 2.45) is 0 Å². The first kappa shape index (κ1) is 19.9. The van der Waals surface area contributed by atoms with E-state index in [-0.39, 0.29) is 40.8 Å². The molecule has 2 aliphatic rings. The maximum Gasteiger partial charge on any atom is 0.287 e. The van der Waals surface area contributed by atoms with E-state index in [1.54, 1.807) is 36.4 Å². The smallest absolute Gasteiger partial charge is 0.287 e. The zero-order chi connectivity index (χ0) is 18.1. The van der Waals surface area contributed by atoms with Crippen LogP contribution >= 0.6 is 12.4 Å². The highest BCUT2D eigenvalue weighted by molar-refractivity contribution is 7.90. The van der Waals surface area contributed by atoms with Crippen molar-refractivity contribution in [3.63, 3.8) is 0 Å². The lowest BCUT2D eigenvalue weighted by Gasteiger charge is -2.29. The molecule has 2 fully saturated rings. The van der Waals surface area contributed by atoms with E-state index in [0.717, 1.165) is 25.7 Å². The van der Waals surface area contributed by atoms with Crippen LogP contribution in [0.25, 0.3) is 0 Å². The lowest BCUT2D eigenvalue weighted by molar-refractivity contribution is 0.0895. The van der Waals surface area contributed by atoms with Gasteiger partial charge in [-0.1, -0.05) is 18.2 Å². The van der Waals surface area contributed by atoms with Crippen LogP contribution in [-0.2, 0) is 15.6 Å². The topological polar surface area (TPSA) is 88.4 Å². The molecule has 4 rings (SSSR count). The van der Waals surface area contributed by atoms with Gasteiger partial charge >= 0.3 is 0 Å². The Morgan fingerprint density at radius 3 is 2.44 bits per heavy atom. The van der Waals surface area contributed by atoms with Gasteiger partial charge in [0.05, 0.1) is 16.9 Å². The van der Waals surface area contributed by atoms with E-state index in [2.05, 4.69) is 10.6 Å². The number of fused-ring (bicyclic) bond motifs is 2. The molecule has 6 nitrogen and oxygen atoms in total. The predicted molar refractivity (Wildman–Crippen MR) is 104 cm³/mol. The number of rotatable bonds is 5. The molecule has 2 aliphatic heterocycles. The molecule has 2 atom stereocenters. The molecule has 27 heavy (non-hydrogen) atoms. The fraction of sp³-hybridized carbons (Fsp3) is 0.421. The van der Waals surface area contributed by atoms with Gasteiger partial charge in [-0.2, -0.15) is 0 Å². The van der Waals surface area contributed by atoms with Crippen molar-refractivity contribution in [1.29, 1.82) is 0 Å². The molecule has 0 aliphatic carbocycles. The number of nitrogens with one attached hydrogen (secondary N) is 2. The number of sulfone groups is 1. The molecule has 2 saturated heterocycles. The van der Waals surface area contributed by atoms with E-state index in [1.807, 2.05) is 0 Å². The maximum absolute atomic E-state index is 12.6. The number of furan rings is 1. The molecule has 0 radical (unpaired) electrons. The minimum Gasteiger partial charge on any atom is -0.459 e. The monoisotopic (exact) mass is 410 g/mol. The molecule has 2 N–H and O–H groups in total. The summed E-state index contributed by atoms with van der Waals surface area (Å²) >= 11 is 0. The third-order valence-corrected chi connectivity index (χ3v) is 6.89. The summed E-state index contributed by atoms with van der Waals surface area (Å²) in [7, 11) is -3.53. The second-order valence-electron chi connectivity index (χ2n) is 7.13. The van der Waals surface area contributed by atoms with Gasteiger partial charge in [0, 0.05) is 23.7 Å². The van der Waals surface area contributed by atoms with Gasteiger partial charge < -0.3 is 15.1 Å². The summed E-state index contributed by atoms with van der Waals surface area (Å²) < 4.78 is 30.5. The van der Waals surface area contributed by atoms with Gasteiger partial charge in [0.15, 0.2) is 15.6 Å². The fourth-order valence-electron chi connectivity index (χ4n) is 3.99. The van der Waals surface area contributed by atoms with Crippen molar-refractivity contribution < 1.29 is 17.6 Å². The van der Waals surface area contributed by atoms with E-state index >= 15 is 0 Å². The third kappa shape index (κ3) is 4.36. The lowest BCUT2D eigenvalue weighted by atomic mass is 9.99. The van der Waals surface area contributed by atoms with Crippen LogP contribution in [0.1, 0.15) is 41.8 Å².